The van der Waals surface area contributed by atoms with E-state index in [0.29, 0.717) is 6.42 Å². The SMILES string of the molecule is CCCCCCCCCCCC(=O)CC(=O)[O-]. The Balaban J connectivity index is 3.13. The molecule has 0 aromatic rings. The van der Waals surface area contributed by atoms with Gasteiger partial charge < -0.3 is 9.90 Å². The average Bonchev–Trinajstić information content (AvgIpc) is 2.26. The molecule has 0 atom stereocenters. The molecule has 0 aromatic carbocycles. The van der Waals surface area contributed by atoms with E-state index in [1.807, 2.05) is 0 Å². The molecule has 0 rings (SSSR count). The lowest BCUT2D eigenvalue weighted by Crippen LogP contribution is -2.25. The van der Waals surface area contributed by atoms with Gasteiger partial charge in [-0.25, -0.2) is 0 Å². The van der Waals surface area contributed by atoms with E-state index in [2.05, 4.69) is 6.92 Å². The predicted molar refractivity (Wildman–Crippen MR) is 66.5 cm³/mol. The molecular formula is C14H25O3-. The van der Waals surface area contributed by atoms with Gasteiger partial charge in [0.2, 0.25) is 0 Å². The number of carbonyl (C=O) groups excluding carboxylic acids is 2. The zero-order valence-electron chi connectivity index (χ0n) is 11.0. The monoisotopic (exact) mass is 241 g/mol. The number of carbonyl (C=O) groups is 2. The lowest BCUT2D eigenvalue weighted by Gasteiger charge is -2.03. The molecule has 3 heteroatoms. The molecule has 100 valence electrons. The molecule has 17 heavy (non-hydrogen) atoms. The van der Waals surface area contributed by atoms with Crippen LogP contribution in [0.2, 0.25) is 0 Å². The quantitative estimate of drug-likeness (QED) is 0.390. The molecule has 0 amide bonds. The van der Waals surface area contributed by atoms with Crippen LogP contribution in [-0.4, -0.2) is 11.8 Å². The van der Waals surface area contributed by atoms with Crippen molar-refractivity contribution < 1.29 is 14.7 Å². The van der Waals surface area contributed by atoms with E-state index >= 15 is 0 Å². The minimum absolute atomic E-state index is 0.201. The Labute approximate surface area is 105 Å². The number of carboxylic acid groups (broad SMARTS) is 1. The van der Waals surface area contributed by atoms with Crippen molar-refractivity contribution in [3.05, 3.63) is 0 Å². The van der Waals surface area contributed by atoms with Gasteiger partial charge in [-0.1, -0.05) is 58.3 Å². The summed E-state index contributed by atoms with van der Waals surface area (Å²) in [6.07, 6.45) is 10.8. The topological polar surface area (TPSA) is 57.2 Å². The van der Waals surface area contributed by atoms with E-state index in [0.717, 1.165) is 19.3 Å². The van der Waals surface area contributed by atoms with Gasteiger partial charge in [-0.15, -0.1) is 0 Å². The minimum atomic E-state index is -1.26. The maximum atomic E-state index is 11.0. The molecule has 0 saturated carbocycles. The minimum Gasteiger partial charge on any atom is -0.550 e. The van der Waals surface area contributed by atoms with Crippen LogP contribution in [0, 0.1) is 0 Å². The van der Waals surface area contributed by atoms with Gasteiger partial charge in [0, 0.05) is 18.8 Å². The van der Waals surface area contributed by atoms with Gasteiger partial charge in [-0.2, -0.15) is 0 Å². The molecule has 0 saturated heterocycles. The van der Waals surface area contributed by atoms with Crippen molar-refractivity contribution in [1.29, 1.82) is 0 Å². The number of hydrogen-bond donors (Lipinski definition) is 0. The molecule has 0 aliphatic rings. The number of aliphatic carboxylic acids is 1. The summed E-state index contributed by atoms with van der Waals surface area (Å²) in [4.78, 5) is 21.2. The van der Waals surface area contributed by atoms with Crippen molar-refractivity contribution in [2.24, 2.45) is 0 Å². The fraction of sp³-hybridized carbons (Fsp3) is 0.857. The largest absolute Gasteiger partial charge is 0.550 e. The zero-order valence-corrected chi connectivity index (χ0v) is 11.0. The highest BCUT2D eigenvalue weighted by atomic mass is 16.4. The van der Waals surface area contributed by atoms with Gasteiger partial charge in [0.25, 0.3) is 0 Å². The predicted octanol–water partition coefficient (Wildman–Crippen LogP) is 2.62. The summed E-state index contributed by atoms with van der Waals surface area (Å²) in [6, 6.07) is 0. The van der Waals surface area contributed by atoms with Gasteiger partial charge in [0.15, 0.2) is 0 Å². The number of Topliss-reactive ketones (excluding diaryl/α,β-unsaturated/α-hetero) is 1. The Morgan fingerprint density at radius 1 is 0.824 bits per heavy atom. The summed E-state index contributed by atoms with van der Waals surface area (Å²) in [6.45, 7) is 2.21. The first-order valence-electron chi connectivity index (χ1n) is 6.88. The number of carboxylic acids is 1. The first-order chi connectivity index (χ1) is 8.16. The molecule has 0 aromatic heterocycles. The van der Waals surface area contributed by atoms with Crippen molar-refractivity contribution in [1.82, 2.24) is 0 Å². The van der Waals surface area contributed by atoms with E-state index < -0.39 is 12.4 Å². The highest BCUT2D eigenvalue weighted by molar-refractivity contribution is 5.93. The molecular weight excluding hydrogens is 216 g/mol. The zero-order chi connectivity index (χ0) is 12.9. The molecule has 0 radical (unpaired) electrons. The molecule has 0 spiro atoms. The summed E-state index contributed by atoms with van der Waals surface area (Å²) in [7, 11) is 0. The second-order valence-corrected chi connectivity index (χ2v) is 4.67. The second-order valence-electron chi connectivity index (χ2n) is 4.67. The molecule has 0 aliphatic heterocycles. The van der Waals surface area contributed by atoms with Crippen LogP contribution in [0.1, 0.15) is 77.6 Å². The van der Waals surface area contributed by atoms with Crippen LogP contribution in [0.25, 0.3) is 0 Å². The molecule has 0 unspecified atom stereocenters. The normalized spacial score (nSPS) is 10.4. The van der Waals surface area contributed by atoms with Gasteiger partial charge in [0.1, 0.15) is 5.78 Å². The van der Waals surface area contributed by atoms with Gasteiger partial charge in [-0.05, 0) is 6.42 Å². The van der Waals surface area contributed by atoms with Crippen molar-refractivity contribution >= 4 is 11.8 Å². The summed E-state index contributed by atoms with van der Waals surface area (Å²) < 4.78 is 0. The van der Waals surface area contributed by atoms with Gasteiger partial charge >= 0.3 is 0 Å². The summed E-state index contributed by atoms with van der Waals surface area (Å²) in [5, 5.41) is 10.1. The second kappa shape index (κ2) is 11.6. The Hall–Kier alpha value is -0.860. The lowest BCUT2D eigenvalue weighted by atomic mass is 10.0. The summed E-state index contributed by atoms with van der Waals surface area (Å²) in [5.74, 6) is -1.46. The van der Waals surface area contributed by atoms with E-state index in [1.54, 1.807) is 0 Å². The van der Waals surface area contributed by atoms with Crippen LogP contribution in [0.4, 0.5) is 0 Å². The van der Waals surface area contributed by atoms with Crippen LogP contribution in [0.15, 0.2) is 0 Å². The van der Waals surface area contributed by atoms with Crippen molar-refractivity contribution in [3.8, 4) is 0 Å². The standard InChI is InChI=1S/C14H26O3/c1-2-3-4-5-6-7-8-9-10-11-13(15)12-14(16)17/h2-12H2,1H3,(H,16,17)/p-1. The van der Waals surface area contributed by atoms with Crippen molar-refractivity contribution in [3.63, 3.8) is 0 Å². The van der Waals surface area contributed by atoms with E-state index in [9.17, 15) is 14.7 Å². The van der Waals surface area contributed by atoms with Gasteiger partial charge in [0.05, 0.1) is 0 Å². The van der Waals surface area contributed by atoms with E-state index in [-0.39, 0.29) is 5.78 Å². The van der Waals surface area contributed by atoms with Crippen LogP contribution < -0.4 is 5.11 Å². The van der Waals surface area contributed by atoms with E-state index in [1.165, 1.54) is 38.5 Å². The fourth-order valence-corrected chi connectivity index (χ4v) is 1.88. The molecule has 3 nitrogen and oxygen atoms in total. The summed E-state index contributed by atoms with van der Waals surface area (Å²) >= 11 is 0. The lowest BCUT2D eigenvalue weighted by molar-refractivity contribution is -0.304. The maximum absolute atomic E-state index is 11.0. The van der Waals surface area contributed by atoms with Gasteiger partial charge in [-0.3, -0.25) is 4.79 Å². The molecule has 0 aliphatic carbocycles. The van der Waals surface area contributed by atoms with Crippen molar-refractivity contribution in [2.75, 3.05) is 0 Å². The van der Waals surface area contributed by atoms with Crippen molar-refractivity contribution in [2.45, 2.75) is 77.6 Å². The third-order valence-electron chi connectivity index (χ3n) is 2.90. The highest BCUT2D eigenvalue weighted by Gasteiger charge is 2.01. The number of unbranched alkanes of at least 4 members (excludes halogenated alkanes) is 8. The molecule has 0 fully saturated rings. The van der Waals surface area contributed by atoms with E-state index in [4.69, 9.17) is 0 Å². The van der Waals surface area contributed by atoms with Crippen LogP contribution in [-0.2, 0) is 9.59 Å². The number of hydrogen-bond acceptors (Lipinski definition) is 3. The Morgan fingerprint density at radius 2 is 1.29 bits per heavy atom. The Bertz CT molecular complexity index is 212. The third kappa shape index (κ3) is 13.1. The highest BCUT2D eigenvalue weighted by Crippen LogP contribution is 2.10. The third-order valence-corrected chi connectivity index (χ3v) is 2.90. The maximum Gasteiger partial charge on any atom is 0.138 e. The average molecular weight is 241 g/mol. The summed E-state index contributed by atoms with van der Waals surface area (Å²) in [5.41, 5.74) is 0. The van der Waals surface area contributed by atoms with Crippen LogP contribution in [0.5, 0.6) is 0 Å². The molecule has 0 N–H and O–H groups in total. The Morgan fingerprint density at radius 3 is 1.76 bits per heavy atom. The van der Waals surface area contributed by atoms with Crippen LogP contribution >= 0.6 is 0 Å². The smallest absolute Gasteiger partial charge is 0.138 e. The number of rotatable bonds is 12. The number of ketones is 1. The first kappa shape index (κ1) is 16.1. The molecule has 0 bridgehead atoms. The molecule has 0 heterocycles. The first-order valence-corrected chi connectivity index (χ1v) is 6.88. The Kier molecular flexibility index (Phi) is 11.0. The fourth-order valence-electron chi connectivity index (χ4n) is 1.88. The van der Waals surface area contributed by atoms with Crippen LogP contribution in [0.3, 0.4) is 0 Å².